The van der Waals surface area contributed by atoms with Crippen LogP contribution in [0.4, 0.5) is 5.69 Å². The van der Waals surface area contributed by atoms with Gasteiger partial charge >= 0.3 is 5.97 Å². The Kier molecular flexibility index (Phi) is 5.34. The zero-order chi connectivity index (χ0) is 12.1. The fourth-order valence-corrected chi connectivity index (χ4v) is 2.56. The second-order valence-electron chi connectivity index (χ2n) is 3.34. The third-order valence-electron chi connectivity index (χ3n) is 2.20. The molecule has 0 aliphatic rings. The SMILES string of the molecule is COC(=O)CCN(C)c1ccc(Cl)cc1I. The van der Waals surface area contributed by atoms with E-state index in [2.05, 4.69) is 27.3 Å². The van der Waals surface area contributed by atoms with Crippen molar-refractivity contribution in [3.05, 3.63) is 26.8 Å². The van der Waals surface area contributed by atoms with Gasteiger partial charge in [0.15, 0.2) is 0 Å². The number of esters is 1. The second kappa shape index (κ2) is 6.30. The molecule has 0 radical (unpaired) electrons. The summed E-state index contributed by atoms with van der Waals surface area (Å²) in [5.74, 6) is -0.198. The van der Waals surface area contributed by atoms with Gasteiger partial charge < -0.3 is 9.64 Å². The highest BCUT2D eigenvalue weighted by atomic mass is 127. The van der Waals surface area contributed by atoms with E-state index in [4.69, 9.17) is 11.6 Å². The van der Waals surface area contributed by atoms with Crippen LogP contribution in [0.3, 0.4) is 0 Å². The van der Waals surface area contributed by atoms with Crippen LogP contribution >= 0.6 is 34.2 Å². The second-order valence-corrected chi connectivity index (χ2v) is 4.94. The van der Waals surface area contributed by atoms with Crippen molar-refractivity contribution >= 4 is 45.8 Å². The summed E-state index contributed by atoms with van der Waals surface area (Å²) in [6.07, 6.45) is 0.381. The molecule has 0 amide bonds. The van der Waals surface area contributed by atoms with Crippen molar-refractivity contribution in [2.24, 2.45) is 0 Å². The van der Waals surface area contributed by atoms with Crippen LogP contribution in [0.1, 0.15) is 6.42 Å². The smallest absolute Gasteiger partial charge is 0.307 e. The van der Waals surface area contributed by atoms with Crippen LogP contribution in [0.2, 0.25) is 5.02 Å². The molecule has 0 aliphatic heterocycles. The highest BCUT2D eigenvalue weighted by Gasteiger charge is 2.08. The summed E-state index contributed by atoms with van der Waals surface area (Å²) in [6.45, 7) is 0.629. The predicted octanol–water partition coefficient (Wildman–Crippen LogP) is 2.94. The lowest BCUT2D eigenvalue weighted by Crippen LogP contribution is -2.22. The van der Waals surface area contributed by atoms with Crippen LogP contribution in [0.15, 0.2) is 18.2 Å². The molecular formula is C11H13ClINO2. The Balaban J connectivity index is 2.65. The van der Waals surface area contributed by atoms with E-state index in [1.165, 1.54) is 7.11 Å². The molecule has 0 saturated heterocycles. The number of hydrogen-bond acceptors (Lipinski definition) is 3. The van der Waals surface area contributed by atoms with Gasteiger partial charge in [0.05, 0.1) is 13.5 Å². The van der Waals surface area contributed by atoms with Gasteiger partial charge in [-0.05, 0) is 40.8 Å². The quantitative estimate of drug-likeness (QED) is 0.616. The first-order valence-electron chi connectivity index (χ1n) is 4.77. The Morgan fingerprint density at radius 3 is 2.81 bits per heavy atom. The Labute approximate surface area is 114 Å². The number of ether oxygens (including phenoxy) is 1. The summed E-state index contributed by atoms with van der Waals surface area (Å²) in [5.41, 5.74) is 1.06. The van der Waals surface area contributed by atoms with Gasteiger partial charge in [-0.25, -0.2) is 0 Å². The van der Waals surface area contributed by atoms with Crippen LogP contribution in [-0.2, 0) is 9.53 Å². The van der Waals surface area contributed by atoms with E-state index in [9.17, 15) is 4.79 Å². The van der Waals surface area contributed by atoms with Gasteiger partial charge in [0, 0.05) is 27.9 Å². The minimum Gasteiger partial charge on any atom is -0.469 e. The molecule has 0 atom stereocenters. The molecule has 1 aromatic carbocycles. The molecular weight excluding hydrogens is 340 g/mol. The molecule has 1 rings (SSSR count). The Hall–Kier alpha value is -0.490. The van der Waals surface area contributed by atoms with Crippen molar-refractivity contribution in [3.63, 3.8) is 0 Å². The number of methoxy groups -OCH3 is 1. The van der Waals surface area contributed by atoms with E-state index in [1.807, 2.05) is 30.1 Å². The van der Waals surface area contributed by atoms with Crippen LogP contribution in [-0.4, -0.2) is 26.7 Å². The van der Waals surface area contributed by atoms with Crippen LogP contribution in [0, 0.1) is 3.57 Å². The minimum absolute atomic E-state index is 0.198. The van der Waals surface area contributed by atoms with Gasteiger partial charge in [0.1, 0.15) is 0 Å². The normalized spacial score (nSPS) is 10.0. The van der Waals surface area contributed by atoms with Crippen molar-refractivity contribution in [2.45, 2.75) is 6.42 Å². The maximum absolute atomic E-state index is 11.0. The Morgan fingerprint density at radius 1 is 1.56 bits per heavy atom. The molecule has 0 spiro atoms. The van der Waals surface area contributed by atoms with Gasteiger partial charge in [-0.3, -0.25) is 4.79 Å². The maximum Gasteiger partial charge on any atom is 0.307 e. The molecule has 0 bridgehead atoms. The third kappa shape index (κ3) is 3.83. The van der Waals surface area contributed by atoms with E-state index < -0.39 is 0 Å². The molecule has 0 fully saturated rings. The van der Waals surface area contributed by atoms with Gasteiger partial charge in [-0.2, -0.15) is 0 Å². The fourth-order valence-electron chi connectivity index (χ4n) is 1.27. The van der Waals surface area contributed by atoms with Gasteiger partial charge in [-0.15, -0.1) is 0 Å². The summed E-state index contributed by atoms with van der Waals surface area (Å²) < 4.78 is 5.66. The van der Waals surface area contributed by atoms with Crippen molar-refractivity contribution < 1.29 is 9.53 Å². The molecule has 0 saturated carbocycles. The van der Waals surface area contributed by atoms with Crippen molar-refractivity contribution in [1.29, 1.82) is 0 Å². The molecule has 0 unspecified atom stereocenters. The zero-order valence-electron chi connectivity index (χ0n) is 9.17. The summed E-state index contributed by atoms with van der Waals surface area (Å²) in [6, 6.07) is 5.68. The standard InChI is InChI=1S/C11H13ClINO2/c1-14(6-5-11(15)16-2)10-4-3-8(12)7-9(10)13/h3-4,7H,5-6H2,1-2H3. The summed E-state index contributed by atoms with van der Waals surface area (Å²) in [5, 5.41) is 0.717. The number of anilines is 1. The minimum atomic E-state index is -0.198. The van der Waals surface area contributed by atoms with E-state index in [0.717, 1.165) is 14.3 Å². The number of carbonyl (C=O) groups is 1. The molecule has 0 aromatic heterocycles. The number of nitrogens with zero attached hydrogens (tertiary/aromatic N) is 1. The van der Waals surface area contributed by atoms with Crippen molar-refractivity contribution in [3.8, 4) is 0 Å². The maximum atomic E-state index is 11.0. The van der Waals surface area contributed by atoms with E-state index in [0.29, 0.717) is 13.0 Å². The van der Waals surface area contributed by atoms with E-state index in [1.54, 1.807) is 0 Å². The van der Waals surface area contributed by atoms with Crippen molar-refractivity contribution in [2.75, 3.05) is 25.6 Å². The first-order valence-corrected chi connectivity index (χ1v) is 6.23. The predicted molar refractivity (Wildman–Crippen MR) is 74.1 cm³/mol. The number of carbonyl (C=O) groups excluding carboxylic acids is 1. The lowest BCUT2D eigenvalue weighted by molar-refractivity contribution is -0.140. The van der Waals surface area contributed by atoms with Crippen LogP contribution in [0.5, 0.6) is 0 Å². The van der Waals surface area contributed by atoms with Gasteiger partial charge in [-0.1, -0.05) is 11.6 Å². The van der Waals surface area contributed by atoms with Gasteiger partial charge in [0.2, 0.25) is 0 Å². The fraction of sp³-hybridized carbons (Fsp3) is 0.364. The first kappa shape index (κ1) is 13.6. The number of halogens is 2. The lowest BCUT2D eigenvalue weighted by Gasteiger charge is -2.20. The summed E-state index contributed by atoms with van der Waals surface area (Å²) >= 11 is 8.10. The summed E-state index contributed by atoms with van der Waals surface area (Å²) in [7, 11) is 3.34. The van der Waals surface area contributed by atoms with Crippen LogP contribution < -0.4 is 4.90 Å². The molecule has 0 heterocycles. The highest BCUT2D eigenvalue weighted by molar-refractivity contribution is 14.1. The van der Waals surface area contributed by atoms with E-state index >= 15 is 0 Å². The topological polar surface area (TPSA) is 29.5 Å². The van der Waals surface area contributed by atoms with Crippen LogP contribution in [0.25, 0.3) is 0 Å². The number of rotatable bonds is 4. The van der Waals surface area contributed by atoms with Crippen molar-refractivity contribution in [1.82, 2.24) is 0 Å². The first-order chi connectivity index (χ1) is 7.54. The monoisotopic (exact) mass is 353 g/mol. The molecule has 16 heavy (non-hydrogen) atoms. The molecule has 0 aliphatic carbocycles. The highest BCUT2D eigenvalue weighted by Crippen LogP contribution is 2.25. The van der Waals surface area contributed by atoms with E-state index in [-0.39, 0.29) is 5.97 Å². The Morgan fingerprint density at radius 2 is 2.25 bits per heavy atom. The molecule has 0 N–H and O–H groups in total. The summed E-state index contributed by atoms with van der Waals surface area (Å²) in [4.78, 5) is 13.0. The average Bonchev–Trinajstić information content (AvgIpc) is 2.25. The number of hydrogen-bond donors (Lipinski definition) is 0. The lowest BCUT2D eigenvalue weighted by atomic mass is 10.3. The molecule has 3 nitrogen and oxygen atoms in total. The largest absolute Gasteiger partial charge is 0.469 e. The molecule has 1 aromatic rings. The Bertz CT molecular complexity index is 384. The average molecular weight is 354 g/mol. The third-order valence-corrected chi connectivity index (χ3v) is 3.30. The molecule has 5 heteroatoms. The number of benzene rings is 1. The van der Waals surface area contributed by atoms with Gasteiger partial charge in [0.25, 0.3) is 0 Å². The zero-order valence-corrected chi connectivity index (χ0v) is 12.1. The molecule has 88 valence electrons.